The Kier molecular flexibility index (Phi) is 1.90. The van der Waals surface area contributed by atoms with Crippen molar-refractivity contribution in [2.75, 3.05) is 0 Å². The highest BCUT2D eigenvalue weighted by Crippen LogP contribution is 2.05. The molecular formula is C7H11NO. The molecule has 1 heterocycles. The average molecular weight is 125 g/mol. The molecule has 0 spiro atoms. The van der Waals surface area contributed by atoms with E-state index in [4.69, 9.17) is 5.11 Å². The van der Waals surface area contributed by atoms with Gasteiger partial charge in [0.25, 0.3) is 0 Å². The first-order chi connectivity index (χ1) is 4.38. The van der Waals surface area contributed by atoms with Gasteiger partial charge in [-0.2, -0.15) is 0 Å². The number of hydrogen-bond acceptors (Lipinski definition) is 1. The number of nitrogens with one attached hydrogen (secondary N) is 1. The predicted molar refractivity (Wildman–Crippen MR) is 36.1 cm³/mol. The zero-order chi connectivity index (χ0) is 6.69. The first kappa shape index (κ1) is 6.36. The molecule has 1 aromatic heterocycles. The second-order valence-electron chi connectivity index (χ2n) is 1.99. The SMILES string of the molecule is CCc1[nH]ccc1CO. The Morgan fingerprint density at radius 2 is 2.44 bits per heavy atom. The van der Waals surface area contributed by atoms with Gasteiger partial charge in [-0.05, 0) is 18.1 Å². The summed E-state index contributed by atoms with van der Waals surface area (Å²) in [4.78, 5) is 3.05. The van der Waals surface area contributed by atoms with E-state index in [1.54, 1.807) is 0 Å². The second kappa shape index (κ2) is 2.69. The van der Waals surface area contributed by atoms with Crippen molar-refractivity contribution in [1.29, 1.82) is 0 Å². The van der Waals surface area contributed by atoms with E-state index >= 15 is 0 Å². The molecule has 0 aliphatic carbocycles. The van der Waals surface area contributed by atoms with Crippen LogP contribution in [0.25, 0.3) is 0 Å². The smallest absolute Gasteiger partial charge is 0.0699 e. The molecule has 9 heavy (non-hydrogen) atoms. The van der Waals surface area contributed by atoms with Crippen LogP contribution < -0.4 is 0 Å². The maximum absolute atomic E-state index is 8.72. The molecule has 1 aromatic rings. The number of aliphatic hydroxyl groups is 1. The van der Waals surface area contributed by atoms with Crippen LogP contribution in [-0.2, 0) is 13.0 Å². The molecule has 2 nitrogen and oxygen atoms in total. The van der Waals surface area contributed by atoms with Crippen molar-refractivity contribution < 1.29 is 5.11 Å². The van der Waals surface area contributed by atoms with Gasteiger partial charge in [0.1, 0.15) is 0 Å². The molecule has 0 unspecified atom stereocenters. The highest BCUT2D eigenvalue weighted by molar-refractivity contribution is 5.18. The minimum atomic E-state index is 0.146. The lowest BCUT2D eigenvalue weighted by Crippen LogP contribution is -1.87. The Bertz CT molecular complexity index is 162. The molecule has 0 aliphatic heterocycles. The topological polar surface area (TPSA) is 36.0 Å². The van der Waals surface area contributed by atoms with Gasteiger partial charge in [-0.3, -0.25) is 0 Å². The molecule has 1 rings (SSSR count). The quantitative estimate of drug-likeness (QED) is 0.609. The molecule has 0 radical (unpaired) electrons. The normalized spacial score (nSPS) is 10.0. The molecule has 0 aromatic carbocycles. The minimum Gasteiger partial charge on any atom is -0.392 e. The van der Waals surface area contributed by atoms with Crippen LogP contribution in [0.5, 0.6) is 0 Å². The van der Waals surface area contributed by atoms with E-state index in [-0.39, 0.29) is 6.61 Å². The molecule has 0 fully saturated rings. The van der Waals surface area contributed by atoms with E-state index in [1.807, 2.05) is 12.3 Å². The minimum absolute atomic E-state index is 0.146. The monoisotopic (exact) mass is 125 g/mol. The molecule has 0 atom stereocenters. The Balaban J connectivity index is 2.85. The maximum Gasteiger partial charge on any atom is 0.0699 e. The summed E-state index contributed by atoms with van der Waals surface area (Å²) < 4.78 is 0. The van der Waals surface area contributed by atoms with E-state index in [0.29, 0.717) is 0 Å². The van der Waals surface area contributed by atoms with Gasteiger partial charge < -0.3 is 10.1 Å². The van der Waals surface area contributed by atoms with Gasteiger partial charge in [0.15, 0.2) is 0 Å². The second-order valence-corrected chi connectivity index (χ2v) is 1.99. The van der Waals surface area contributed by atoms with Gasteiger partial charge in [-0.15, -0.1) is 0 Å². The molecule has 0 aliphatic rings. The summed E-state index contributed by atoms with van der Waals surface area (Å²) in [5.74, 6) is 0. The van der Waals surface area contributed by atoms with Crippen molar-refractivity contribution in [3.63, 3.8) is 0 Å². The van der Waals surface area contributed by atoms with Crippen LogP contribution >= 0.6 is 0 Å². The first-order valence-electron chi connectivity index (χ1n) is 3.14. The highest BCUT2D eigenvalue weighted by atomic mass is 16.3. The van der Waals surface area contributed by atoms with Crippen molar-refractivity contribution >= 4 is 0 Å². The lowest BCUT2D eigenvalue weighted by atomic mass is 10.2. The third-order valence-electron chi connectivity index (χ3n) is 1.45. The van der Waals surface area contributed by atoms with Crippen molar-refractivity contribution in [3.05, 3.63) is 23.5 Å². The van der Waals surface area contributed by atoms with Crippen LogP contribution in [0.1, 0.15) is 18.2 Å². The molecule has 0 saturated heterocycles. The van der Waals surface area contributed by atoms with Crippen molar-refractivity contribution in [3.8, 4) is 0 Å². The summed E-state index contributed by atoms with van der Waals surface area (Å²) in [7, 11) is 0. The van der Waals surface area contributed by atoms with Crippen LogP contribution in [-0.4, -0.2) is 10.1 Å². The Morgan fingerprint density at radius 1 is 1.67 bits per heavy atom. The van der Waals surface area contributed by atoms with Crippen LogP contribution in [0, 0.1) is 0 Å². The molecule has 50 valence electrons. The van der Waals surface area contributed by atoms with Crippen LogP contribution in [0.2, 0.25) is 0 Å². The van der Waals surface area contributed by atoms with Gasteiger partial charge in [-0.1, -0.05) is 6.92 Å². The fourth-order valence-electron chi connectivity index (χ4n) is 0.913. The Morgan fingerprint density at radius 3 is 2.89 bits per heavy atom. The molecule has 0 amide bonds. The van der Waals surface area contributed by atoms with Crippen LogP contribution in [0.3, 0.4) is 0 Å². The fourth-order valence-corrected chi connectivity index (χ4v) is 0.913. The predicted octanol–water partition coefficient (Wildman–Crippen LogP) is 1.07. The lowest BCUT2D eigenvalue weighted by Gasteiger charge is -1.93. The standard InChI is InChI=1S/C7H11NO/c1-2-7-6(5-9)3-4-8-7/h3-4,8-9H,2,5H2,1H3. The number of H-pyrrole nitrogens is 1. The number of rotatable bonds is 2. The number of aromatic amines is 1. The molecular weight excluding hydrogens is 114 g/mol. The third kappa shape index (κ3) is 1.13. The first-order valence-corrected chi connectivity index (χ1v) is 3.14. The van der Waals surface area contributed by atoms with E-state index in [1.165, 1.54) is 0 Å². The number of aromatic nitrogens is 1. The van der Waals surface area contributed by atoms with Crippen molar-refractivity contribution in [2.24, 2.45) is 0 Å². The summed E-state index contributed by atoms with van der Waals surface area (Å²) in [5.41, 5.74) is 2.15. The lowest BCUT2D eigenvalue weighted by molar-refractivity contribution is 0.281. The van der Waals surface area contributed by atoms with Gasteiger partial charge in [0.05, 0.1) is 6.61 Å². The van der Waals surface area contributed by atoms with Gasteiger partial charge in [0.2, 0.25) is 0 Å². The van der Waals surface area contributed by atoms with E-state index < -0.39 is 0 Å². The molecule has 0 bridgehead atoms. The van der Waals surface area contributed by atoms with Crippen molar-refractivity contribution in [2.45, 2.75) is 20.0 Å². The fraction of sp³-hybridized carbons (Fsp3) is 0.429. The Hall–Kier alpha value is -0.760. The summed E-state index contributed by atoms with van der Waals surface area (Å²) in [6.07, 6.45) is 2.81. The van der Waals surface area contributed by atoms with E-state index in [0.717, 1.165) is 17.7 Å². The summed E-state index contributed by atoms with van der Waals surface area (Å²) in [5, 5.41) is 8.72. The number of aryl methyl sites for hydroxylation is 1. The summed E-state index contributed by atoms with van der Waals surface area (Å²) in [6.45, 7) is 2.21. The van der Waals surface area contributed by atoms with Gasteiger partial charge in [-0.25, -0.2) is 0 Å². The zero-order valence-electron chi connectivity index (χ0n) is 5.52. The number of aliphatic hydroxyl groups excluding tert-OH is 1. The van der Waals surface area contributed by atoms with E-state index in [2.05, 4.69) is 11.9 Å². The Labute approximate surface area is 54.5 Å². The van der Waals surface area contributed by atoms with E-state index in [9.17, 15) is 0 Å². The highest BCUT2D eigenvalue weighted by Gasteiger charge is 1.96. The van der Waals surface area contributed by atoms with Crippen LogP contribution in [0.15, 0.2) is 12.3 Å². The van der Waals surface area contributed by atoms with Gasteiger partial charge >= 0.3 is 0 Å². The van der Waals surface area contributed by atoms with Crippen molar-refractivity contribution in [1.82, 2.24) is 4.98 Å². The molecule has 2 N–H and O–H groups in total. The summed E-state index contributed by atoms with van der Waals surface area (Å²) in [6, 6.07) is 1.90. The van der Waals surface area contributed by atoms with Gasteiger partial charge in [0, 0.05) is 11.9 Å². The molecule has 2 heteroatoms. The third-order valence-corrected chi connectivity index (χ3v) is 1.45. The number of hydrogen-bond donors (Lipinski definition) is 2. The maximum atomic E-state index is 8.72. The largest absolute Gasteiger partial charge is 0.392 e. The van der Waals surface area contributed by atoms with Crippen LogP contribution in [0.4, 0.5) is 0 Å². The summed E-state index contributed by atoms with van der Waals surface area (Å²) >= 11 is 0. The zero-order valence-corrected chi connectivity index (χ0v) is 5.52. The average Bonchev–Trinajstić information content (AvgIpc) is 2.33. The molecule has 0 saturated carbocycles.